The predicted octanol–water partition coefficient (Wildman–Crippen LogP) is 2.03. The quantitative estimate of drug-likeness (QED) is 0.667. The third-order valence-electron chi connectivity index (χ3n) is 1.38. The van der Waals surface area contributed by atoms with Crippen molar-refractivity contribution in [1.82, 2.24) is 0 Å². The summed E-state index contributed by atoms with van der Waals surface area (Å²) in [6.07, 6.45) is 0. The van der Waals surface area contributed by atoms with Crippen molar-refractivity contribution in [2.24, 2.45) is 0 Å². The van der Waals surface area contributed by atoms with Gasteiger partial charge in [-0.1, -0.05) is 17.7 Å². The molecule has 1 aromatic rings. The van der Waals surface area contributed by atoms with Gasteiger partial charge in [0.25, 0.3) is 0 Å². The van der Waals surface area contributed by atoms with E-state index in [1.54, 1.807) is 12.1 Å². The molecule has 0 fully saturated rings. The molecule has 0 aromatic heterocycles. The first-order chi connectivity index (χ1) is 5.24. The topological polar surface area (TPSA) is 17.1 Å². The van der Waals surface area contributed by atoms with E-state index in [1.165, 1.54) is 0 Å². The largest absolute Gasteiger partial charge is 0.252 e. The molecule has 60 valence electrons. The van der Waals surface area contributed by atoms with Crippen LogP contribution in [0.25, 0.3) is 0 Å². The fourth-order valence-corrected chi connectivity index (χ4v) is 1.32. The summed E-state index contributed by atoms with van der Waals surface area (Å²) in [5, 5.41) is 0. The Morgan fingerprint density at radius 2 is 1.91 bits per heavy atom. The van der Waals surface area contributed by atoms with Gasteiger partial charge in [-0.05, 0) is 19.1 Å². The van der Waals surface area contributed by atoms with E-state index < -0.39 is 16.8 Å². The molecule has 0 amide bonds. The van der Waals surface area contributed by atoms with Crippen molar-refractivity contribution in [3.05, 3.63) is 29.8 Å². The third kappa shape index (κ3) is 2.12. The number of aryl methyl sites for hydroxylation is 1. The van der Waals surface area contributed by atoms with Gasteiger partial charge in [0.1, 0.15) is 0 Å². The lowest BCUT2D eigenvalue weighted by Gasteiger charge is -1.96. The lowest BCUT2D eigenvalue weighted by atomic mass is 10.2. The Morgan fingerprint density at radius 1 is 1.36 bits per heavy atom. The third-order valence-corrected chi connectivity index (χ3v) is 2.38. The summed E-state index contributed by atoms with van der Waals surface area (Å²) < 4.78 is 22.7. The van der Waals surface area contributed by atoms with E-state index >= 15 is 0 Å². The highest BCUT2D eigenvalue weighted by Crippen LogP contribution is 2.07. The van der Waals surface area contributed by atoms with Crippen molar-refractivity contribution in [2.45, 2.75) is 11.8 Å². The maximum absolute atomic E-state index is 11.9. The van der Waals surface area contributed by atoms with E-state index in [-0.39, 0.29) is 0 Å². The van der Waals surface area contributed by atoms with Crippen LogP contribution in [0.1, 0.15) is 5.56 Å². The maximum Gasteiger partial charge on any atom is 0.169 e. The molecular formula is C8H9FOS. The zero-order chi connectivity index (χ0) is 8.27. The molecule has 0 N–H and O–H groups in total. The molecule has 11 heavy (non-hydrogen) atoms. The first-order valence-electron chi connectivity index (χ1n) is 3.25. The molecule has 1 atom stereocenters. The SMILES string of the molecule is Cc1ccc([S@@](=O)CF)cc1. The van der Waals surface area contributed by atoms with Crippen LogP contribution in [0.4, 0.5) is 4.39 Å². The van der Waals surface area contributed by atoms with Gasteiger partial charge in [-0.25, -0.2) is 4.39 Å². The maximum atomic E-state index is 11.9. The van der Waals surface area contributed by atoms with Gasteiger partial charge in [-0.3, -0.25) is 4.21 Å². The van der Waals surface area contributed by atoms with Crippen LogP contribution in [0, 0.1) is 6.92 Å². The van der Waals surface area contributed by atoms with Crippen molar-refractivity contribution in [1.29, 1.82) is 0 Å². The summed E-state index contributed by atoms with van der Waals surface area (Å²) in [4.78, 5) is 0.554. The normalized spacial score (nSPS) is 12.9. The number of alkyl halides is 1. The highest BCUT2D eigenvalue weighted by molar-refractivity contribution is 7.84. The number of benzene rings is 1. The van der Waals surface area contributed by atoms with Crippen molar-refractivity contribution >= 4 is 10.8 Å². The monoisotopic (exact) mass is 172 g/mol. The second-order valence-electron chi connectivity index (χ2n) is 2.27. The minimum atomic E-state index is -1.47. The Morgan fingerprint density at radius 3 is 2.36 bits per heavy atom. The standard InChI is InChI=1S/C8H9FOS/c1-7-2-4-8(5-3-7)11(10)6-9/h2-5H,6H2,1H3/t11-/m0/s1. The molecule has 0 radical (unpaired) electrons. The summed E-state index contributed by atoms with van der Waals surface area (Å²) in [6.45, 7) is 1.93. The number of hydrogen-bond acceptors (Lipinski definition) is 1. The van der Waals surface area contributed by atoms with Gasteiger partial charge in [0.15, 0.2) is 6.01 Å². The summed E-state index contributed by atoms with van der Waals surface area (Å²) in [5.74, 6) is 0. The molecule has 0 bridgehead atoms. The van der Waals surface area contributed by atoms with Crippen molar-refractivity contribution in [3.8, 4) is 0 Å². The minimum Gasteiger partial charge on any atom is -0.252 e. The number of halogens is 1. The number of rotatable bonds is 2. The van der Waals surface area contributed by atoms with E-state index in [9.17, 15) is 8.60 Å². The lowest BCUT2D eigenvalue weighted by Crippen LogP contribution is -1.91. The van der Waals surface area contributed by atoms with Crippen LogP contribution in [-0.4, -0.2) is 10.2 Å². The van der Waals surface area contributed by atoms with Crippen LogP contribution < -0.4 is 0 Å². The Hall–Kier alpha value is -0.700. The van der Waals surface area contributed by atoms with E-state index in [1.807, 2.05) is 19.1 Å². The molecule has 0 unspecified atom stereocenters. The van der Waals surface area contributed by atoms with Crippen LogP contribution >= 0.6 is 0 Å². The second-order valence-corrected chi connectivity index (χ2v) is 3.65. The van der Waals surface area contributed by atoms with Gasteiger partial charge < -0.3 is 0 Å². The Kier molecular flexibility index (Phi) is 2.76. The average Bonchev–Trinajstić information content (AvgIpc) is 2.05. The summed E-state index contributed by atoms with van der Waals surface area (Å²) in [6, 6.07) is 6.21. The highest BCUT2D eigenvalue weighted by Gasteiger charge is 2.00. The molecule has 0 saturated heterocycles. The molecule has 0 aliphatic carbocycles. The molecule has 0 heterocycles. The van der Waals surface area contributed by atoms with Crippen LogP contribution in [0.5, 0.6) is 0 Å². The Balaban J connectivity index is 2.90. The van der Waals surface area contributed by atoms with Crippen molar-refractivity contribution in [3.63, 3.8) is 0 Å². The molecule has 3 heteroatoms. The molecule has 1 aromatic carbocycles. The zero-order valence-electron chi connectivity index (χ0n) is 6.21. The van der Waals surface area contributed by atoms with Crippen molar-refractivity contribution in [2.75, 3.05) is 6.01 Å². The van der Waals surface area contributed by atoms with Gasteiger partial charge in [0.05, 0.1) is 10.8 Å². The second kappa shape index (κ2) is 3.62. The van der Waals surface area contributed by atoms with E-state index in [2.05, 4.69) is 0 Å². The molecule has 0 spiro atoms. The zero-order valence-corrected chi connectivity index (χ0v) is 7.03. The molecule has 0 aliphatic rings. The fraction of sp³-hybridized carbons (Fsp3) is 0.250. The van der Waals surface area contributed by atoms with Gasteiger partial charge >= 0.3 is 0 Å². The summed E-state index contributed by atoms with van der Waals surface area (Å²) >= 11 is 0. The number of hydrogen-bond donors (Lipinski definition) is 0. The van der Waals surface area contributed by atoms with E-state index in [0.717, 1.165) is 5.56 Å². The average molecular weight is 172 g/mol. The van der Waals surface area contributed by atoms with Crippen LogP contribution in [0.2, 0.25) is 0 Å². The first kappa shape index (κ1) is 8.40. The minimum absolute atomic E-state index is 0.554. The molecule has 1 rings (SSSR count). The lowest BCUT2D eigenvalue weighted by molar-refractivity contribution is 0.580. The molecule has 0 aliphatic heterocycles. The predicted molar refractivity (Wildman–Crippen MR) is 43.6 cm³/mol. The summed E-state index contributed by atoms with van der Waals surface area (Å²) in [7, 11) is -1.47. The molecule has 1 nitrogen and oxygen atoms in total. The van der Waals surface area contributed by atoms with Gasteiger partial charge in [-0.2, -0.15) is 0 Å². The Labute approximate surface area is 67.7 Å². The Bertz CT molecular complexity index is 255. The van der Waals surface area contributed by atoms with Crippen LogP contribution in [-0.2, 0) is 10.8 Å². The van der Waals surface area contributed by atoms with E-state index in [4.69, 9.17) is 0 Å². The smallest absolute Gasteiger partial charge is 0.169 e. The van der Waals surface area contributed by atoms with Crippen molar-refractivity contribution < 1.29 is 8.60 Å². The summed E-state index contributed by atoms with van der Waals surface area (Å²) in [5.41, 5.74) is 1.09. The molecule has 0 saturated carbocycles. The fourth-order valence-electron chi connectivity index (χ4n) is 0.753. The van der Waals surface area contributed by atoms with E-state index in [0.29, 0.717) is 4.90 Å². The van der Waals surface area contributed by atoms with Gasteiger partial charge in [0.2, 0.25) is 0 Å². The highest BCUT2D eigenvalue weighted by atomic mass is 32.2. The van der Waals surface area contributed by atoms with Gasteiger partial charge in [0, 0.05) is 4.90 Å². The molecular weight excluding hydrogens is 163 g/mol. The van der Waals surface area contributed by atoms with Crippen LogP contribution in [0.3, 0.4) is 0 Å². The van der Waals surface area contributed by atoms with Gasteiger partial charge in [-0.15, -0.1) is 0 Å². The van der Waals surface area contributed by atoms with Crippen LogP contribution in [0.15, 0.2) is 29.2 Å². The first-order valence-corrected chi connectivity index (χ1v) is 4.57.